The minimum atomic E-state index is -0.192. The van der Waals surface area contributed by atoms with Crippen LogP contribution >= 0.6 is 0 Å². The molecule has 1 aliphatic heterocycles. The zero-order valence-corrected chi connectivity index (χ0v) is 17.6. The molecular formula is C26H23N3O2. The summed E-state index contributed by atoms with van der Waals surface area (Å²) >= 11 is 0. The maximum Gasteiger partial charge on any atom is 0.239 e. The van der Waals surface area contributed by atoms with Gasteiger partial charge < -0.3 is 4.57 Å². The van der Waals surface area contributed by atoms with E-state index >= 15 is 0 Å². The highest BCUT2D eigenvalue weighted by Gasteiger charge is 2.29. The second-order valence-electron chi connectivity index (χ2n) is 7.94. The molecule has 5 nitrogen and oxygen atoms in total. The van der Waals surface area contributed by atoms with Crippen LogP contribution in [0, 0.1) is 6.92 Å². The van der Waals surface area contributed by atoms with E-state index in [4.69, 9.17) is 0 Å². The molecule has 0 bridgehead atoms. The number of imidazole rings is 1. The van der Waals surface area contributed by atoms with Gasteiger partial charge in [-0.15, -0.1) is 0 Å². The number of anilines is 2. The molecule has 0 N–H and O–H groups in total. The summed E-state index contributed by atoms with van der Waals surface area (Å²) < 4.78 is 2.08. The molecule has 2 heterocycles. The normalized spacial score (nSPS) is 14.1. The number of amides is 1. The first kappa shape index (κ1) is 19.2. The van der Waals surface area contributed by atoms with Crippen molar-refractivity contribution in [2.75, 3.05) is 4.90 Å². The lowest BCUT2D eigenvalue weighted by Gasteiger charge is -2.25. The van der Waals surface area contributed by atoms with E-state index in [0.717, 1.165) is 51.2 Å². The Labute approximate surface area is 180 Å². The number of carbonyl (C=O) groups excluding carboxylic acids is 2. The number of aryl methyl sites for hydroxylation is 2. The number of benzene rings is 3. The van der Waals surface area contributed by atoms with Gasteiger partial charge >= 0.3 is 0 Å². The van der Waals surface area contributed by atoms with Gasteiger partial charge in [-0.25, -0.2) is 4.98 Å². The van der Waals surface area contributed by atoms with E-state index in [9.17, 15) is 9.59 Å². The summed E-state index contributed by atoms with van der Waals surface area (Å²) in [4.78, 5) is 31.8. The van der Waals surface area contributed by atoms with Crippen LogP contribution in [0.1, 0.15) is 30.3 Å². The molecule has 5 heteroatoms. The third kappa shape index (κ3) is 3.22. The van der Waals surface area contributed by atoms with Crippen LogP contribution in [0.5, 0.6) is 0 Å². The summed E-state index contributed by atoms with van der Waals surface area (Å²) in [6.07, 6.45) is 4.77. The van der Waals surface area contributed by atoms with Crippen LogP contribution in [0.2, 0.25) is 0 Å². The van der Waals surface area contributed by atoms with E-state index in [-0.39, 0.29) is 24.5 Å². The van der Waals surface area contributed by atoms with E-state index < -0.39 is 0 Å². The standard InChI is InChI=1S/C26H23N3O2/c1-3-25-27-12-13-28(25)23-11-9-19(14-17(23)2)29-24-10-8-18-6-4-5-7-21(18)22(24)15-20(30)16-26(29)31/h4-14H,3,15-16H2,1-2H3. The van der Waals surface area contributed by atoms with Gasteiger partial charge in [0, 0.05) is 36.6 Å². The second kappa shape index (κ2) is 7.51. The molecule has 4 aromatic rings. The quantitative estimate of drug-likeness (QED) is 0.444. The predicted molar refractivity (Wildman–Crippen MR) is 122 cm³/mol. The lowest BCUT2D eigenvalue weighted by atomic mass is 9.98. The fraction of sp³-hybridized carbons (Fsp3) is 0.192. The van der Waals surface area contributed by atoms with Gasteiger partial charge in [0.2, 0.25) is 5.91 Å². The van der Waals surface area contributed by atoms with Crippen molar-refractivity contribution in [3.63, 3.8) is 0 Å². The van der Waals surface area contributed by atoms with Crippen molar-refractivity contribution in [2.45, 2.75) is 33.1 Å². The van der Waals surface area contributed by atoms with E-state index in [1.807, 2.05) is 67.7 Å². The number of fused-ring (bicyclic) bond motifs is 3. The first-order valence-electron chi connectivity index (χ1n) is 10.6. The Morgan fingerprint density at radius 1 is 0.968 bits per heavy atom. The van der Waals surface area contributed by atoms with Crippen molar-refractivity contribution in [1.29, 1.82) is 0 Å². The van der Waals surface area contributed by atoms with Gasteiger partial charge in [0.25, 0.3) is 0 Å². The molecule has 31 heavy (non-hydrogen) atoms. The lowest BCUT2D eigenvalue weighted by Crippen LogP contribution is -2.26. The van der Waals surface area contributed by atoms with E-state index in [1.54, 1.807) is 11.1 Å². The minimum Gasteiger partial charge on any atom is -0.304 e. The maximum atomic E-state index is 13.1. The van der Waals surface area contributed by atoms with Crippen LogP contribution in [0.25, 0.3) is 16.5 Å². The molecule has 1 aliphatic rings. The van der Waals surface area contributed by atoms with Gasteiger partial charge in [-0.1, -0.05) is 37.3 Å². The average molecular weight is 409 g/mol. The first-order valence-corrected chi connectivity index (χ1v) is 10.6. The molecule has 0 spiro atoms. The summed E-state index contributed by atoms with van der Waals surface area (Å²) in [6, 6.07) is 18.0. The first-order chi connectivity index (χ1) is 15.1. The van der Waals surface area contributed by atoms with Crippen molar-refractivity contribution in [3.05, 3.63) is 83.9 Å². The minimum absolute atomic E-state index is 0.0514. The molecule has 5 rings (SSSR count). The number of ketones is 1. The highest BCUT2D eigenvalue weighted by Crippen LogP contribution is 2.37. The molecule has 3 aromatic carbocycles. The number of Topliss-reactive ketones (excluding diaryl/α,β-unsaturated/α-hetero) is 1. The highest BCUT2D eigenvalue weighted by atomic mass is 16.2. The van der Waals surface area contributed by atoms with Gasteiger partial charge in [-0.3, -0.25) is 14.5 Å². The topological polar surface area (TPSA) is 55.2 Å². The third-order valence-corrected chi connectivity index (χ3v) is 5.96. The van der Waals surface area contributed by atoms with Gasteiger partial charge in [0.05, 0.1) is 12.1 Å². The molecule has 0 unspecified atom stereocenters. The monoisotopic (exact) mass is 409 g/mol. The zero-order valence-electron chi connectivity index (χ0n) is 17.6. The molecule has 0 aliphatic carbocycles. The largest absolute Gasteiger partial charge is 0.304 e. The van der Waals surface area contributed by atoms with Crippen molar-refractivity contribution in [1.82, 2.24) is 9.55 Å². The third-order valence-electron chi connectivity index (χ3n) is 5.96. The van der Waals surface area contributed by atoms with Crippen molar-refractivity contribution in [3.8, 4) is 5.69 Å². The van der Waals surface area contributed by atoms with E-state index in [1.165, 1.54) is 0 Å². The Morgan fingerprint density at radius 3 is 2.58 bits per heavy atom. The van der Waals surface area contributed by atoms with Crippen LogP contribution in [0.3, 0.4) is 0 Å². The van der Waals surface area contributed by atoms with E-state index in [0.29, 0.717) is 0 Å². The summed E-state index contributed by atoms with van der Waals surface area (Å²) in [5, 5.41) is 2.09. The summed E-state index contributed by atoms with van der Waals surface area (Å²) in [5.74, 6) is 0.747. The van der Waals surface area contributed by atoms with Crippen LogP contribution in [-0.2, 0) is 22.4 Å². The molecule has 1 aromatic heterocycles. The molecule has 0 radical (unpaired) electrons. The fourth-order valence-electron chi connectivity index (χ4n) is 4.51. The Hall–Kier alpha value is -3.73. The van der Waals surface area contributed by atoms with Crippen LogP contribution in [-0.4, -0.2) is 21.2 Å². The summed E-state index contributed by atoms with van der Waals surface area (Å²) in [7, 11) is 0. The molecule has 0 saturated carbocycles. The molecule has 0 saturated heterocycles. The van der Waals surface area contributed by atoms with Crippen molar-refractivity contribution >= 4 is 33.8 Å². The number of carbonyl (C=O) groups is 2. The van der Waals surface area contributed by atoms with Gasteiger partial charge in [0.15, 0.2) is 0 Å². The van der Waals surface area contributed by atoms with Gasteiger partial charge in [0.1, 0.15) is 11.6 Å². The number of hydrogen-bond acceptors (Lipinski definition) is 3. The molecule has 154 valence electrons. The van der Waals surface area contributed by atoms with Crippen LogP contribution < -0.4 is 4.90 Å². The smallest absolute Gasteiger partial charge is 0.239 e. The maximum absolute atomic E-state index is 13.1. The summed E-state index contributed by atoms with van der Waals surface area (Å²) in [5.41, 5.74) is 4.55. The summed E-state index contributed by atoms with van der Waals surface area (Å²) in [6.45, 7) is 4.11. The predicted octanol–water partition coefficient (Wildman–Crippen LogP) is 5.08. The lowest BCUT2D eigenvalue weighted by molar-refractivity contribution is -0.125. The van der Waals surface area contributed by atoms with Crippen LogP contribution in [0.4, 0.5) is 11.4 Å². The average Bonchev–Trinajstić information content (AvgIpc) is 3.18. The Balaban J connectivity index is 1.66. The Kier molecular flexibility index (Phi) is 4.66. The van der Waals surface area contributed by atoms with Crippen LogP contribution in [0.15, 0.2) is 67.0 Å². The number of nitrogens with zero attached hydrogens (tertiary/aromatic N) is 3. The van der Waals surface area contributed by atoms with Gasteiger partial charge in [-0.05, 0) is 53.1 Å². The highest BCUT2D eigenvalue weighted by molar-refractivity contribution is 6.14. The number of rotatable bonds is 3. The Bertz CT molecular complexity index is 1340. The number of aromatic nitrogens is 2. The Morgan fingerprint density at radius 2 is 1.77 bits per heavy atom. The van der Waals surface area contributed by atoms with E-state index in [2.05, 4.69) is 16.5 Å². The van der Waals surface area contributed by atoms with Crippen molar-refractivity contribution in [2.24, 2.45) is 0 Å². The molecule has 1 amide bonds. The zero-order chi connectivity index (χ0) is 21.5. The second-order valence-corrected chi connectivity index (χ2v) is 7.94. The molecular weight excluding hydrogens is 386 g/mol. The number of hydrogen-bond donors (Lipinski definition) is 0. The van der Waals surface area contributed by atoms with Gasteiger partial charge in [-0.2, -0.15) is 0 Å². The molecule has 0 fully saturated rings. The van der Waals surface area contributed by atoms with Crippen molar-refractivity contribution < 1.29 is 9.59 Å². The SMILES string of the molecule is CCc1nccn1-c1ccc(N2C(=O)CC(=O)Cc3c2ccc2ccccc32)cc1C. The fourth-order valence-corrected chi connectivity index (χ4v) is 4.51. The molecule has 0 atom stereocenters.